The number of carbonyl (C=O) groups is 1. The van der Waals surface area contributed by atoms with Crippen LogP contribution < -0.4 is 10.2 Å². The average Bonchev–Trinajstić information content (AvgIpc) is 3.03. The Morgan fingerprint density at radius 1 is 1.32 bits per heavy atom. The number of aryl methyl sites for hydroxylation is 1. The second-order valence-corrected chi connectivity index (χ2v) is 6.31. The molecule has 2 heterocycles. The van der Waals surface area contributed by atoms with Crippen molar-refractivity contribution in [1.29, 1.82) is 5.26 Å². The zero-order chi connectivity index (χ0) is 15.7. The molecule has 0 radical (unpaired) electrons. The molecule has 1 aliphatic heterocycles. The van der Waals surface area contributed by atoms with Gasteiger partial charge in [0.25, 0.3) is 5.91 Å². The van der Waals surface area contributed by atoms with Crippen molar-refractivity contribution in [2.24, 2.45) is 0 Å². The third-order valence-corrected chi connectivity index (χ3v) is 4.81. The van der Waals surface area contributed by atoms with Gasteiger partial charge in [0.05, 0.1) is 5.03 Å². The number of hydrogen-bond acceptors (Lipinski definition) is 5. The Morgan fingerprint density at radius 3 is 2.64 bits per heavy atom. The molecule has 2 aromatic rings. The Balaban J connectivity index is 2.14. The van der Waals surface area contributed by atoms with E-state index < -0.39 is 5.91 Å². The van der Waals surface area contributed by atoms with Crippen molar-refractivity contribution in [1.82, 2.24) is 5.32 Å². The molecule has 1 N–H and O–H groups in total. The molecular weight excluding hydrogens is 314 g/mol. The molecule has 1 aromatic carbocycles. The number of benzene rings is 1. The van der Waals surface area contributed by atoms with E-state index in [1.165, 1.54) is 0 Å². The van der Waals surface area contributed by atoms with Crippen LogP contribution in [0.2, 0.25) is 0 Å². The summed E-state index contributed by atoms with van der Waals surface area (Å²) in [5.74, 6) is -0.394. The van der Waals surface area contributed by atoms with E-state index in [0.29, 0.717) is 5.03 Å². The van der Waals surface area contributed by atoms with Crippen LogP contribution in [0.5, 0.6) is 0 Å². The number of anilines is 1. The number of nitriles is 1. The first-order valence-corrected chi connectivity index (χ1v) is 7.98. The lowest BCUT2D eigenvalue weighted by atomic mass is 10.1. The summed E-state index contributed by atoms with van der Waals surface area (Å²) < 4.78 is 0. The number of amides is 1. The number of thiophene rings is 1. The zero-order valence-electron chi connectivity index (χ0n) is 11.8. The Morgan fingerprint density at radius 2 is 2.05 bits per heavy atom. The van der Waals surface area contributed by atoms with Gasteiger partial charge in [0, 0.05) is 10.6 Å². The Kier molecular flexibility index (Phi) is 3.92. The van der Waals surface area contributed by atoms with Crippen molar-refractivity contribution in [2.45, 2.75) is 13.1 Å². The fraction of sp³-hybridized carbons (Fsp3) is 0.125. The van der Waals surface area contributed by atoms with Crippen molar-refractivity contribution in [2.75, 3.05) is 4.90 Å². The molecule has 0 spiro atoms. The standard InChI is InChI=1S/C16H13N3OS2/c1-10-4-6-11(7-5-10)19-14(13-3-2-8-22-13)18-15(20)12(9-17)16(19)21/h2-8,14,21H,1H3,(H,18,20)/t14-/m0/s1. The molecule has 1 atom stereocenters. The molecule has 110 valence electrons. The molecule has 4 nitrogen and oxygen atoms in total. The lowest BCUT2D eigenvalue weighted by Gasteiger charge is -2.37. The van der Waals surface area contributed by atoms with Crippen molar-refractivity contribution >= 4 is 35.6 Å². The quantitative estimate of drug-likeness (QED) is 0.832. The zero-order valence-corrected chi connectivity index (χ0v) is 13.5. The van der Waals surface area contributed by atoms with Crippen LogP contribution in [-0.2, 0) is 4.79 Å². The predicted octanol–water partition coefficient (Wildman–Crippen LogP) is 3.36. The van der Waals surface area contributed by atoms with Gasteiger partial charge >= 0.3 is 0 Å². The molecule has 0 bridgehead atoms. The van der Waals surface area contributed by atoms with Gasteiger partial charge in [-0.25, -0.2) is 0 Å². The van der Waals surface area contributed by atoms with Crippen molar-refractivity contribution < 1.29 is 4.79 Å². The Hall–Kier alpha value is -2.23. The van der Waals surface area contributed by atoms with Gasteiger partial charge in [0.15, 0.2) is 0 Å². The van der Waals surface area contributed by atoms with Crippen molar-refractivity contribution in [3.63, 3.8) is 0 Å². The summed E-state index contributed by atoms with van der Waals surface area (Å²) >= 11 is 5.99. The van der Waals surface area contributed by atoms with Gasteiger partial charge in [-0.1, -0.05) is 23.8 Å². The van der Waals surface area contributed by atoms with Crippen LogP contribution in [0, 0.1) is 18.3 Å². The van der Waals surface area contributed by atoms with Gasteiger partial charge in [0.1, 0.15) is 17.8 Å². The third kappa shape index (κ3) is 2.49. The Labute approximate surface area is 138 Å². The third-order valence-electron chi connectivity index (χ3n) is 3.44. The minimum Gasteiger partial charge on any atom is -0.326 e. The largest absolute Gasteiger partial charge is 0.326 e. The van der Waals surface area contributed by atoms with E-state index in [-0.39, 0.29) is 11.7 Å². The molecule has 1 aliphatic rings. The first kappa shape index (κ1) is 14.7. The fourth-order valence-electron chi connectivity index (χ4n) is 2.33. The molecule has 22 heavy (non-hydrogen) atoms. The lowest BCUT2D eigenvalue weighted by molar-refractivity contribution is -0.118. The number of thiol groups is 1. The number of rotatable bonds is 2. The monoisotopic (exact) mass is 327 g/mol. The SMILES string of the molecule is Cc1ccc(N2C(S)=C(C#N)C(=O)N[C@@H]2c2cccs2)cc1. The number of carbonyl (C=O) groups excluding carboxylic acids is 1. The average molecular weight is 327 g/mol. The maximum absolute atomic E-state index is 12.1. The van der Waals surface area contributed by atoms with E-state index in [2.05, 4.69) is 17.9 Å². The summed E-state index contributed by atoms with van der Waals surface area (Å²) in [6.07, 6.45) is -0.361. The van der Waals surface area contributed by atoms with Crippen LogP contribution in [0.25, 0.3) is 0 Å². The fourth-order valence-corrected chi connectivity index (χ4v) is 3.48. The lowest BCUT2D eigenvalue weighted by Crippen LogP contribution is -2.45. The van der Waals surface area contributed by atoms with Crippen molar-refractivity contribution in [3.05, 3.63) is 62.8 Å². The molecule has 0 saturated carbocycles. The van der Waals surface area contributed by atoms with Gasteiger partial charge in [0.2, 0.25) is 0 Å². The van der Waals surface area contributed by atoms with E-state index in [4.69, 9.17) is 0 Å². The molecule has 0 aliphatic carbocycles. The normalized spacial score (nSPS) is 18.1. The minimum absolute atomic E-state index is 0.0247. The smallest absolute Gasteiger partial charge is 0.266 e. The first-order valence-electron chi connectivity index (χ1n) is 6.65. The van der Waals surface area contributed by atoms with Gasteiger partial charge in [-0.3, -0.25) is 4.79 Å². The van der Waals surface area contributed by atoms with Crippen molar-refractivity contribution in [3.8, 4) is 6.07 Å². The van der Waals surface area contributed by atoms with Crippen LogP contribution in [0.3, 0.4) is 0 Å². The summed E-state index contributed by atoms with van der Waals surface area (Å²) in [6.45, 7) is 2.01. The van der Waals surface area contributed by atoms with E-state index in [1.807, 2.05) is 59.7 Å². The van der Waals surface area contributed by atoms with Gasteiger partial charge in [-0.15, -0.1) is 24.0 Å². The highest BCUT2D eigenvalue weighted by molar-refractivity contribution is 7.84. The second-order valence-electron chi connectivity index (χ2n) is 4.91. The highest BCUT2D eigenvalue weighted by atomic mass is 32.1. The number of hydrogen-bond donors (Lipinski definition) is 2. The van der Waals surface area contributed by atoms with E-state index >= 15 is 0 Å². The van der Waals surface area contributed by atoms with Crippen LogP contribution in [0.15, 0.2) is 52.4 Å². The van der Waals surface area contributed by atoms with Crippen LogP contribution >= 0.6 is 24.0 Å². The maximum atomic E-state index is 12.1. The van der Waals surface area contributed by atoms with Gasteiger partial charge < -0.3 is 10.2 Å². The van der Waals surface area contributed by atoms with E-state index in [9.17, 15) is 10.1 Å². The highest BCUT2D eigenvalue weighted by Crippen LogP contribution is 2.37. The maximum Gasteiger partial charge on any atom is 0.266 e. The number of nitrogens with zero attached hydrogens (tertiary/aromatic N) is 2. The molecule has 0 unspecified atom stereocenters. The summed E-state index contributed by atoms with van der Waals surface area (Å²) in [5.41, 5.74) is 2.04. The molecule has 0 fully saturated rings. The minimum atomic E-state index is -0.394. The molecule has 1 aromatic heterocycles. The molecule has 3 rings (SSSR count). The predicted molar refractivity (Wildman–Crippen MR) is 90.5 cm³/mol. The highest BCUT2D eigenvalue weighted by Gasteiger charge is 2.34. The summed E-state index contributed by atoms with van der Waals surface area (Å²) in [6, 6.07) is 13.7. The molecule has 6 heteroatoms. The van der Waals surface area contributed by atoms with Gasteiger partial charge in [-0.2, -0.15) is 5.26 Å². The van der Waals surface area contributed by atoms with E-state index in [1.54, 1.807) is 11.3 Å². The van der Waals surface area contributed by atoms with E-state index in [0.717, 1.165) is 16.1 Å². The number of nitrogens with one attached hydrogen (secondary N) is 1. The Bertz CT molecular complexity index is 773. The summed E-state index contributed by atoms with van der Waals surface area (Å²) in [7, 11) is 0. The first-order chi connectivity index (χ1) is 10.6. The van der Waals surface area contributed by atoms with Crippen LogP contribution in [0.4, 0.5) is 5.69 Å². The second kappa shape index (κ2) is 5.87. The summed E-state index contributed by atoms with van der Waals surface area (Å²) in [4.78, 5) is 15.0. The van der Waals surface area contributed by atoms with Crippen LogP contribution in [0.1, 0.15) is 16.6 Å². The van der Waals surface area contributed by atoms with Gasteiger partial charge in [-0.05, 0) is 30.5 Å². The topological polar surface area (TPSA) is 56.1 Å². The summed E-state index contributed by atoms with van der Waals surface area (Å²) in [5, 5.41) is 14.4. The molecule has 0 saturated heterocycles. The molecule has 1 amide bonds. The van der Waals surface area contributed by atoms with Crippen LogP contribution in [-0.4, -0.2) is 5.91 Å². The molecular formula is C16H13N3OS2.